The van der Waals surface area contributed by atoms with E-state index in [1.54, 1.807) is 23.5 Å². The van der Waals surface area contributed by atoms with Crippen molar-refractivity contribution in [2.45, 2.75) is 19.4 Å². The molecule has 1 N–H and O–H groups in total. The molecule has 0 fully saturated rings. The summed E-state index contributed by atoms with van der Waals surface area (Å²) in [7, 11) is 0. The third kappa shape index (κ3) is 3.58. The molecule has 0 aliphatic carbocycles. The smallest absolute Gasteiger partial charge is 0.257 e. The molecule has 0 spiro atoms. The second-order valence-electron chi connectivity index (χ2n) is 4.98. The molecule has 0 amide bonds. The predicted octanol–water partition coefficient (Wildman–Crippen LogP) is 3.83. The van der Waals surface area contributed by atoms with Gasteiger partial charge in [-0.25, -0.2) is 4.39 Å². The van der Waals surface area contributed by atoms with E-state index in [-0.39, 0.29) is 11.9 Å². The molecule has 2 aromatic heterocycles. The zero-order valence-electron chi connectivity index (χ0n) is 12.1. The molecule has 3 aromatic rings. The fraction of sp³-hybridized carbons (Fsp3) is 0.250. The Bertz CT molecular complexity index is 709. The van der Waals surface area contributed by atoms with E-state index in [9.17, 15) is 4.39 Å². The Kier molecular flexibility index (Phi) is 4.60. The van der Waals surface area contributed by atoms with E-state index in [0.29, 0.717) is 11.8 Å². The Morgan fingerprint density at radius 2 is 2.05 bits per heavy atom. The van der Waals surface area contributed by atoms with Crippen LogP contribution in [-0.2, 0) is 6.42 Å². The van der Waals surface area contributed by atoms with E-state index in [1.165, 1.54) is 12.1 Å². The predicted molar refractivity (Wildman–Crippen MR) is 84.1 cm³/mol. The van der Waals surface area contributed by atoms with Gasteiger partial charge in [-0.05, 0) is 49.0 Å². The molecule has 0 aliphatic rings. The van der Waals surface area contributed by atoms with Crippen molar-refractivity contribution in [1.82, 2.24) is 15.5 Å². The van der Waals surface area contributed by atoms with Gasteiger partial charge in [0.05, 0.1) is 10.9 Å². The molecule has 2 heterocycles. The highest BCUT2D eigenvalue weighted by atomic mass is 32.1. The van der Waals surface area contributed by atoms with E-state index in [1.807, 2.05) is 24.4 Å². The monoisotopic (exact) mass is 317 g/mol. The van der Waals surface area contributed by atoms with Crippen LogP contribution in [0, 0.1) is 5.82 Å². The summed E-state index contributed by atoms with van der Waals surface area (Å²) < 4.78 is 18.5. The lowest BCUT2D eigenvalue weighted by Gasteiger charge is -2.09. The maximum absolute atomic E-state index is 12.8. The normalized spacial score (nSPS) is 12.5. The van der Waals surface area contributed by atoms with Crippen molar-refractivity contribution in [2.24, 2.45) is 0 Å². The first-order chi connectivity index (χ1) is 10.7. The minimum absolute atomic E-state index is 0.0262. The summed E-state index contributed by atoms with van der Waals surface area (Å²) >= 11 is 1.57. The van der Waals surface area contributed by atoms with Gasteiger partial charge in [0.25, 0.3) is 5.89 Å². The van der Waals surface area contributed by atoms with Crippen molar-refractivity contribution < 1.29 is 8.81 Å². The summed E-state index contributed by atoms with van der Waals surface area (Å²) in [5, 5.41) is 13.5. The minimum atomic E-state index is -0.211. The van der Waals surface area contributed by atoms with Gasteiger partial charge in [-0.2, -0.15) is 0 Å². The molecule has 3 rings (SSSR count). The molecule has 1 atom stereocenters. The molecule has 114 valence electrons. The number of nitrogens with zero attached hydrogens (tertiary/aromatic N) is 2. The van der Waals surface area contributed by atoms with E-state index in [2.05, 4.69) is 15.5 Å². The number of hydrogen-bond donors (Lipinski definition) is 1. The third-order valence-corrected chi connectivity index (χ3v) is 4.18. The lowest BCUT2D eigenvalue weighted by atomic mass is 10.1. The first-order valence-electron chi connectivity index (χ1n) is 7.07. The summed E-state index contributed by atoms with van der Waals surface area (Å²) in [6, 6.07) is 10.4. The zero-order valence-corrected chi connectivity index (χ0v) is 12.9. The van der Waals surface area contributed by atoms with Gasteiger partial charge in [-0.15, -0.1) is 21.5 Å². The molecule has 0 saturated carbocycles. The van der Waals surface area contributed by atoms with Crippen molar-refractivity contribution >= 4 is 11.3 Å². The summed E-state index contributed by atoms with van der Waals surface area (Å²) in [6.45, 7) is 2.74. The van der Waals surface area contributed by atoms with Crippen LogP contribution in [-0.4, -0.2) is 16.7 Å². The van der Waals surface area contributed by atoms with Crippen LogP contribution in [0.2, 0.25) is 0 Å². The van der Waals surface area contributed by atoms with Gasteiger partial charge in [0, 0.05) is 0 Å². The average Bonchev–Trinajstić information content (AvgIpc) is 3.20. The highest BCUT2D eigenvalue weighted by Gasteiger charge is 2.14. The summed E-state index contributed by atoms with van der Waals surface area (Å²) in [5.41, 5.74) is 1.09. The molecule has 22 heavy (non-hydrogen) atoms. The van der Waals surface area contributed by atoms with Gasteiger partial charge >= 0.3 is 0 Å². The fourth-order valence-electron chi connectivity index (χ4n) is 2.08. The first-order valence-corrected chi connectivity index (χ1v) is 7.95. The first kappa shape index (κ1) is 14.9. The van der Waals surface area contributed by atoms with Gasteiger partial charge in [0.2, 0.25) is 5.89 Å². The highest BCUT2D eigenvalue weighted by molar-refractivity contribution is 7.13. The van der Waals surface area contributed by atoms with Crippen LogP contribution in [0.1, 0.15) is 24.4 Å². The molecule has 6 heteroatoms. The molecule has 0 unspecified atom stereocenters. The third-order valence-electron chi connectivity index (χ3n) is 3.32. The Hall–Kier alpha value is -2.05. The topological polar surface area (TPSA) is 51.0 Å². The largest absolute Gasteiger partial charge is 0.418 e. The fourth-order valence-corrected chi connectivity index (χ4v) is 2.72. The molecule has 0 saturated heterocycles. The molecular formula is C16H16FN3OS. The van der Waals surface area contributed by atoms with Crippen molar-refractivity contribution in [2.75, 3.05) is 6.54 Å². The number of nitrogens with one attached hydrogen (secondary N) is 1. The quantitative estimate of drug-likeness (QED) is 0.750. The van der Waals surface area contributed by atoms with Gasteiger partial charge < -0.3 is 9.73 Å². The van der Waals surface area contributed by atoms with Crippen LogP contribution in [0.25, 0.3) is 10.8 Å². The van der Waals surface area contributed by atoms with Crippen molar-refractivity contribution in [1.29, 1.82) is 0 Å². The maximum atomic E-state index is 12.8. The van der Waals surface area contributed by atoms with Crippen molar-refractivity contribution in [3.05, 3.63) is 59.0 Å². The van der Waals surface area contributed by atoms with E-state index in [4.69, 9.17) is 4.42 Å². The van der Waals surface area contributed by atoms with Crippen LogP contribution in [0.3, 0.4) is 0 Å². The van der Waals surface area contributed by atoms with Crippen molar-refractivity contribution in [3.8, 4) is 10.8 Å². The highest BCUT2D eigenvalue weighted by Crippen LogP contribution is 2.24. The summed E-state index contributed by atoms with van der Waals surface area (Å²) in [4.78, 5) is 0.970. The number of halogens is 1. The maximum Gasteiger partial charge on any atom is 0.257 e. The van der Waals surface area contributed by atoms with Crippen molar-refractivity contribution in [3.63, 3.8) is 0 Å². The molecule has 4 nitrogen and oxygen atoms in total. The lowest BCUT2D eigenvalue weighted by molar-refractivity contribution is 0.425. The van der Waals surface area contributed by atoms with Crippen LogP contribution in [0.15, 0.2) is 46.2 Å². The van der Waals surface area contributed by atoms with Gasteiger partial charge in [0.1, 0.15) is 5.82 Å². The summed E-state index contributed by atoms with van der Waals surface area (Å²) in [6.07, 6.45) is 0.816. The molecule has 0 bridgehead atoms. The summed E-state index contributed by atoms with van der Waals surface area (Å²) in [5.74, 6) is 0.914. The number of aromatic nitrogens is 2. The average molecular weight is 317 g/mol. The van der Waals surface area contributed by atoms with Crippen LogP contribution < -0.4 is 5.32 Å². The Morgan fingerprint density at radius 1 is 1.23 bits per heavy atom. The van der Waals surface area contributed by atoms with Gasteiger partial charge in [-0.3, -0.25) is 0 Å². The molecule has 1 aromatic carbocycles. The van der Waals surface area contributed by atoms with Gasteiger partial charge in [0.15, 0.2) is 0 Å². The van der Waals surface area contributed by atoms with E-state index < -0.39 is 0 Å². The van der Waals surface area contributed by atoms with Crippen LogP contribution >= 0.6 is 11.3 Å². The number of benzene rings is 1. The Balaban J connectivity index is 1.53. The van der Waals surface area contributed by atoms with Gasteiger partial charge in [-0.1, -0.05) is 18.2 Å². The second kappa shape index (κ2) is 6.81. The SMILES string of the molecule is C[C@@H](NCCc1ccc(F)cc1)c1nnc(-c2cccs2)o1. The zero-order chi connectivity index (χ0) is 15.4. The minimum Gasteiger partial charge on any atom is -0.418 e. The Labute approximate surface area is 132 Å². The number of thiophene rings is 1. The van der Waals surface area contributed by atoms with Crippen LogP contribution in [0.5, 0.6) is 0 Å². The van der Waals surface area contributed by atoms with E-state index in [0.717, 1.165) is 23.4 Å². The molecule has 0 radical (unpaired) electrons. The number of hydrogen-bond acceptors (Lipinski definition) is 5. The van der Waals surface area contributed by atoms with Crippen LogP contribution in [0.4, 0.5) is 4.39 Å². The Morgan fingerprint density at radius 3 is 2.77 bits per heavy atom. The standard InChI is InChI=1S/C16H16FN3OS/c1-11(18-9-8-12-4-6-13(17)7-5-12)15-19-20-16(21-15)14-3-2-10-22-14/h2-7,10-11,18H,8-9H2,1H3/t11-/m1/s1. The lowest BCUT2D eigenvalue weighted by Crippen LogP contribution is -2.21. The van der Waals surface area contributed by atoms with E-state index >= 15 is 0 Å². The molecular weight excluding hydrogens is 301 g/mol. The second-order valence-corrected chi connectivity index (χ2v) is 5.92. The molecule has 0 aliphatic heterocycles. The number of rotatable bonds is 6.